The maximum absolute atomic E-state index is 12.9. The number of halogens is 4. The smallest absolute Gasteiger partial charge is 0.391 e. The van der Waals surface area contributed by atoms with Crippen LogP contribution in [0.25, 0.3) is 0 Å². The topological polar surface area (TPSA) is 68.0 Å². The number of piperidine rings is 1. The second-order valence-electron chi connectivity index (χ2n) is 6.90. The fourth-order valence-electron chi connectivity index (χ4n) is 3.31. The molecule has 0 spiro atoms. The van der Waals surface area contributed by atoms with Gasteiger partial charge in [0.2, 0.25) is 0 Å². The van der Waals surface area contributed by atoms with Crippen LogP contribution < -0.4 is 4.90 Å². The van der Waals surface area contributed by atoms with E-state index in [-0.39, 0.29) is 38.2 Å². The van der Waals surface area contributed by atoms with Crippen molar-refractivity contribution in [2.24, 2.45) is 11.1 Å². The number of oxime groups is 1. The molecule has 1 fully saturated rings. The largest absolute Gasteiger partial charge is 0.391 e. The van der Waals surface area contributed by atoms with E-state index >= 15 is 0 Å². The van der Waals surface area contributed by atoms with Crippen molar-refractivity contribution < 1.29 is 22.9 Å². The fourth-order valence-corrected chi connectivity index (χ4v) is 3.50. The van der Waals surface area contributed by atoms with Crippen molar-refractivity contribution in [1.82, 2.24) is 0 Å². The molecule has 6 nitrogen and oxygen atoms in total. The number of alkyl halides is 3. The zero-order valence-electron chi connectivity index (χ0n) is 15.8. The molecule has 3 rings (SSSR count). The molecule has 1 heterocycles. The highest BCUT2D eigenvalue weighted by atomic mass is 35.5. The Morgan fingerprint density at radius 1 is 1.23 bits per heavy atom. The zero-order valence-corrected chi connectivity index (χ0v) is 16.6. The zero-order chi connectivity index (χ0) is 21.7. The van der Waals surface area contributed by atoms with E-state index in [0.29, 0.717) is 16.3 Å². The number of non-ortho nitro benzene ring substituents is 1. The lowest BCUT2D eigenvalue weighted by atomic mass is 9.95. The summed E-state index contributed by atoms with van der Waals surface area (Å²) in [6.45, 7) is 0.504. The van der Waals surface area contributed by atoms with Crippen LogP contribution in [-0.2, 0) is 11.4 Å². The quantitative estimate of drug-likeness (QED) is 0.333. The predicted molar refractivity (Wildman–Crippen MR) is 108 cm³/mol. The Morgan fingerprint density at radius 2 is 1.93 bits per heavy atom. The second kappa shape index (κ2) is 9.34. The molecule has 1 saturated heterocycles. The fraction of sp³-hybridized carbons (Fsp3) is 0.350. The van der Waals surface area contributed by atoms with Gasteiger partial charge in [-0.05, 0) is 25.0 Å². The number of benzene rings is 2. The van der Waals surface area contributed by atoms with Crippen LogP contribution in [0, 0.1) is 16.0 Å². The highest BCUT2D eigenvalue weighted by Gasteiger charge is 2.41. The first-order valence-electron chi connectivity index (χ1n) is 9.24. The molecule has 30 heavy (non-hydrogen) atoms. The molecule has 0 atom stereocenters. The standard InChI is InChI=1S/C20H19ClF3N3O3/c21-18-4-2-1-3-14(18)13-30-25-12-15-11-17(27(28)29)5-6-19(15)26-9-7-16(8-10-26)20(22,23)24/h1-6,11-12,16H,7-10,13H2/b25-12+. The molecule has 1 aliphatic heterocycles. The van der Waals surface area contributed by atoms with Crippen molar-refractivity contribution in [2.45, 2.75) is 25.6 Å². The second-order valence-corrected chi connectivity index (χ2v) is 7.31. The molecule has 0 unspecified atom stereocenters. The Bertz CT molecular complexity index is 929. The molecule has 1 aliphatic rings. The molecule has 160 valence electrons. The Hall–Kier alpha value is -2.81. The molecule has 2 aromatic carbocycles. The van der Waals surface area contributed by atoms with Crippen molar-refractivity contribution in [3.8, 4) is 0 Å². The van der Waals surface area contributed by atoms with Crippen LogP contribution in [-0.4, -0.2) is 30.4 Å². The van der Waals surface area contributed by atoms with Gasteiger partial charge in [-0.2, -0.15) is 13.2 Å². The average Bonchev–Trinajstić information content (AvgIpc) is 2.71. The van der Waals surface area contributed by atoms with Crippen molar-refractivity contribution in [3.63, 3.8) is 0 Å². The molecule has 2 aromatic rings. The van der Waals surface area contributed by atoms with Crippen molar-refractivity contribution in [2.75, 3.05) is 18.0 Å². The maximum Gasteiger partial charge on any atom is 0.391 e. The monoisotopic (exact) mass is 441 g/mol. The van der Waals surface area contributed by atoms with Crippen LogP contribution in [0.2, 0.25) is 5.02 Å². The minimum atomic E-state index is -4.21. The number of rotatable bonds is 6. The van der Waals surface area contributed by atoms with Gasteiger partial charge < -0.3 is 9.74 Å². The Kier molecular flexibility index (Phi) is 6.81. The summed E-state index contributed by atoms with van der Waals surface area (Å²) in [4.78, 5) is 17.6. The molecule has 0 aliphatic carbocycles. The van der Waals surface area contributed by atoms with E-state index in [2.05, 4.69) is 5.16 Å². The van der Waals surface area contributed by atoms with Gasteiger partial charge >= 0.3 is 6.18 Å². The summed E-state index contributed by atoms with van der Waals surface area (Å²) in [6.07, 6.45) is -2.94. The molecule has 0 N–H and O–H groups in total. The van der Waals surface area contributed by atoms with E-state index in [1.54, 1.807) is 29.2 Å². The molecule has 0 bridgehead atoms. The van der Waals surface area contributed by atoms with E-state index in [1.165, 1.54) is 24.4 Å². The number of hydrogen-bond acceptors (Lipinski definition) is 5. The SMILES string of the molecule is O=[N+]([O-])c1ccc(N2CCC(C(F)(F)F)CC2)c(/C=N/OCc2ccccc2Cl)c1. The number of nitro benzene ring substituents is 1. The summed E-state index contributed by atoms with van der Waals surface area (Å²) in [6, 6.07) is 11.3. The lowest BCUT2D eigenvalue weighted by Crippen LogP contribution is -2.39. The van der Waals surface area contributed by atoms with Gasteiger partial charge in [0.1, 0.15) is 6.61 Å². The first-order chi connectivity index (χ1) is 14.3. The Labute approximate surface area is 176 Å². The van der Waals surface area contributed by atoms with Crippen molar-refractivity contribution >= 4 is 29.2 Å². The molecule has 10 heteroatoms. The van der Waals surface area contributed by atoms with Crippen LogP contribution in [0.4, 0.5) is 24.5 Å². The molecule has 0 radical (unpaired) electrons. The highest BCUT2D eigenvalue weighted by molar-refractivity contribution is 6.31. The van der Waals surface area contributed by atoms with Gasteiger partial charge in [0.25, 0.3) is 5.69 Å². The first-order valence-corrected chi connectivity index (χ1v) is 9.62. The highest BCUT2D eigenvalue weighted by Crippen LogP contribution is 2.36. The molecule has 0 saturated carbocycles. The third kappa shape index (κ3) is 5.41. The van der Waals surface area contributed by atoms with Crippen LogP contribution >= 0.6 is 11.6 Å². The van der Waals surface area contributed by atoms with E-state index in [9.17, 15) is 23.3 Å². The van der Waals surface area contributed by atoms with Crippen molar-refractivity contribution in [3.05, 3.63) is 68.7 Å². The molecule has 0 amide bonds. The van der Waals surface area contributed by atoms with E-state index in [4.69, 9.17) is 16.4 Å². The maximum atomic E-state index is 12.9. The van der Waals surface area contributed by atoms with Gasteiger partial charge in [0.15, 0.2) is 0 Å². The summed E-state index contributed by atoms with van der Waals surface area (Å²) >= 11 is 6.05. The minimum Gasteiger partial charge on any atom is -0.391 e. The van der Waals surface area contributed by atoms with E-state index < -0.39 is 17.0 Å². The molecular formula is C20H19ClF3N3O3. The lowest BCUT2D eigenvalue weighted by Gasteiger charge is -2.35. The number of nitrogens with zero attached hydrogens (tertiary/aromatic N) is 3. The average molecular weight is 442 g/mol. The summed E-state index contributed by atoms with van der Waals surface area (Å²) in [5, 5.41) is 15.5. The Morgan fingerprint density at radius 3 is 2.57 bits per heavy atom. The van der Waals surface area contributed by atoms with E-state index in [1.807, 2.05) is 0 Å². The normalized spacial score (nSPS) is 15.5. The summed E-state index contributed by atoms with van der Waals surface area (Å²) in [5.41, 5.74) is 1.56. The van der Waals surface area contributed by atoms with Crippen LogP contribution in [0.3, 0.4) is 0 Å². The molecule has 0 aromatic heterocycles. The van der Waals surface area contributed by atoms with Gasteiger partial charge in [-0.1, -0.05) is 35.0 Å². The van der Waals surface area contributed by atoms with Crippen LogP contribution in [0.5, 0.6) is 0 Å². The third-order valence-electron chi connectivity index (χ3n) is 4.96. The summed E-state index contributed by atoms with van der Waals surface area (Å²) in [5.74, 6) is -1.33. The van der Waals surface area contributed by atoms with Crippen LogP contribution in [0.1, 0.15) is 24.0 Å². The summed E-state index contributed by atoms with van der Waals surface area (Å²) in [7, 11) is 0. The number of hydrogen-bond donors (Lipinski definition) is 0. The number of nitro groups is 1. The van der Waals surface area contributed by atoms with E-state index in [0.717, 1.165) is 5.56 Å². The van der Waals surface area contributed by atoms with Crippen LogP contribution in [0.15, 0.2) is 47.6 Å². The van der Waals surface area contributed by atoms with Gasteiger partial charge in [0, 0.05) is 47.1 Å². The van der Waals surface area contributed by atoms with Gasteiger partial charge in [-0.25, -0.2) is 0 Å². The van der Waals surface area contributed by atoms with Crippen molar-refractivity contribution in [1.29, 1.82) is 0 Å². The lowest BCUT2D eigenvalue weighted by molar-refractivity contribution is -0.384. The Balaban J connectivity index is 1.74. The van der Waals surface area contributed by atoms with Gasteiger partial charge in [-0.15, -0.1) is 0 Å². The van der Waals surface area contributed by atoms with Gasteiger partial charge in [0.05, 0.1) is 17.1 Å². The minimum absolute atomic E-state index is 0.0277. The predicted octanol–water partition coefficient (Wildman–Crippen LogP) is 5.58. The number of anilines is 1. The first kappa shape index (κ1) is 21.9. The molecular weight excluding hydrogens is 423 g/mol. The van der Waals surface area contributed by atoms with Gasteiger partial charge in [-0.3, -0.25) is 10.1 Å². The third-order valence-corrected chi connectivity index (χ3v) is 5.33. The summed E-state index contributed by atoms with van der Waals surface area (Å²) < 4.78 is 38.8.